The van der Waals surface area contributed by atoms with Crippen molar-refractivity contribution in [3.63, 3.8) is 0 Å². The average Bonchev–Trinajstić information content (AvgIpc) is 2.88. The Hall–Kier alpha value is -3.50. The first-order valence-corrected chi connectivity index (χ1v) is 12.3. The van der Waals surface area contributed by atoms with Crippen molar-refractivity contribution < 1.29 is 28.6 Å². The fraction of sp³-hybridized carbons (Fsp3) is 0.481. The highest BCUT2D eigenvalue weighted by Gasteiger charge is 2.30. The molecular weight excluding hydrogens is 476 g/mol. The predicted molar refractivity (Wildman–Crippen MR) is 138 cm³/mol. The van der Waals surface area contributed by atoms with Gasteiger partial charge in [0.25, 0.3) is 5.91 Å². The maximum Gasteiger partial charge on any atom is 0.257 e. The Balaban J connectivity index is 1.92. The minimum Gasteiger partial charge on any atom is -0.491 e. The van der Waals surface area contributed by atoms with Gasteiger partial charge in [-0.15, -0.1) is 0 Å². The van der Waals surface area contributed by atoms with E-state index < -0.39 is 0 Å². The van der Waals surface area contributed by atoms with Crippen LogP contribution in [0.1, 0.15) is 29.8 Å². The number of aromatic nitrogens is 1. The fourth-order valence-corrected chi connectivity index (χ4v) is 4.31. The molecule has 1 aliphatic heterocycles. The monoisotopic (exact) mass is 512 g/mol. The number of methoxy groups -OCH3 is 2. The Labute approximate surface area is 217 Å². The summed E-state index contributed by atoms with van der Waals surface area (Å²) in [5.41, 5.74) is 1.60. The van der Waals surface area contributed by atoms with Crippen LogP contribution in [-0.2, 0) is 25.5 Å². The van der Waals surface area contributed by atoms with Crippen LogP contribution in [0.25, 0.3) is 0 Å². The van der Waals surface area contributed by atoms with Gasteiger partial charge >= 0.3 is 0 Å². The molecule has 2 heterocycles. The van der Waals surface area contributed by atoms with E-state index in [0.29, 0.717) is 30.1 Å². The van der Waals surface area contributed by atoms with Gasteiger partial charge in [-0.2, -0.15) is 0 Å². The second-order valence-electron chi connectivity index (χ2n) is 9.37. The van der Waals surface area contributed by atoms with Crippen LogP contribution in [0.4, 0.5) is 5.69 Å². The van der Waals surface area contributed by atoms with Crippen LogP contribution in [-0.4, -0.2) is 92.2 Å². The molecule has 0 unspecified atom stereocenters. The van der Waals surface area contributed by atoms with Gasteiger partial charge in [-0.3, -0.25) is 19.4 Å². The lowest BCUT2D eigenvalue weighted by molar-refractivity contribution is -0.134. The topological polar surface area (TPSA) is 110 Å². The summed E-state index contributed by atoms with van der Waals surface area (Å²) in [4.78, 5) is 46.3. The van der Waals surface area contributed by atoms with Crippen molar-refractivity contribution in [2.45, 2.75) is 32.4 Å². The molecule has 10 nitrogen and oxygen atoms in total. The SMILES string of the molecule is COCC(=O)Nc1ccc2c(c1)C(=O)N(C)C[C@@H](OC)[C@@H](C)CN(C(=O)Cc1cccnc1)[C@H](C)CO2. The molecule has 3 atom stereocenters. The number of anilines is 1. The largest absolute Gasteiger partial charge is 0.491 e. The number of benzene rings is 1. The molecule has 37 heavy (non-hydrogen) atoms. The Morgan fingerprint density at radius 1 is 1.19 bits per heavy atom. The Kier molecular flexibility index (Phi) is 9.99. The summed E-state index contributed by atoms with van der Waals surface area (Å²) < 4.78 is 16.7. The third-order valence-electron chi connectivity index (χ3n) is 6.40. The van der Waals surface area contributed by atoms with E-state index in [1.165, 1.54) is 7.11 Å². The van der Waals surface area contributed by atoms with E-state index in [9.17, 15) is 14.4 Å². The molecule has 10 heteroatoms. The zero-order chi connectivity index (χ0) is 26.9. The van der Waals surface area contributed by atoms with E-state index in [1.807, 2.05) is 30.9 Å². The lowest BCUT2D eigenvalue weighted by Crippen LogP contribution is -2.49. The van der Waals surface area contributed by atoms with Crippen LogP contribution < -0.4 is 10.1 Å². The third kappa shape index (κ3) is 7.50. The van der Waals surface area contributed by atoms with Crippen LogP contribution in [0.15, 0.2) is 42.7 Å². The van der Waals surface area contributed by atoms with Crippen LogP contribution in [0.3, 0.4) is 0 Å². The summed E-state index contributed by atoms with van der Waals surface area (Å²) in [5, 5.41) is 2.72. The Morgan fingerprint density at radius 3 is 2.65 bits per heavy atom. The van der Waals surface area contributed by atoms with Crippen molar-refractivity contribution in [3.05, 3.63) is 53.9 Å². The van der Waals surface area contributed by atoms with E-state index >= 15 is 0 Å². The first kappa shape index (κ1) is 28.1. The Bertz CT molecular complexity index is 1080. The number of fused-ring (bicyclic) bond motifs is 1. The van der Waals surface area contributed by atoms with E-state index in [2.05, 4.69) is 10.3 Å². The number of likely N-dealkylation sites (N-methyl/N-ethyl adjacent to an activating group) is 1. The van der Waals surface area contributed by atoms with Gasteiger partial charge in [-0.05, 0) is 36.8 Å². The molecule has 3 rings (SSSR count). The maximum atomic E-state index is 13.4. The van der Waals surface area contributed by atoms with Gasteiger partial charge in [0.2, 0.25) is 11.8 Å². The smallest absolute Gasteiger partial charge is 0.257 e. The highest BCUT2D eigenvalue weighted by molar-refractivity contribution is 5.99. The summed E-state index contributed by atoms with van der Waals surface area (Å²) in [6, 6.07) is 8.33. The number of carbonyl (C=O) groups excluding carboxylic acids is 3. The van der Waals surface area contributed by atoms with E-state index in [-0.39, 0.29) is 55.4 Å². The van der Waals surface area contributed by atoms with Gasteiger partial charge in [-0.1, -0.05) is 13.0 Å². The second kappa shape index (κ2) is 13.2. The number of hydrogen-bond donors (Lipinski definition) is 1. The molecule has 1 aromatic carbocycles. The molecule has 2 aromatic rings. The third-order valence-corrected chi connectivity index (χ3v) is 6.40. The molecule has 200 valence electrons. The van der Waals surface area contributed by atoms with Crippen molar-refractivity contribution in [1.82, 2.24) is 14.8 Å². The summed E-state index contributed by atoms with van der Waals surface area (Å²) in [6.07, 6.45) is 3.29. The standard InChI is InChI=1S/C27H36N4O6/c1-18-14-31(26(33)11-20-7-6-10-28-13-20)19(2)16-37-23-9-8-21(29-25(32)17-35-4)12-22(23)27(34)30(3)15-24(18)36-5/h6-10,12-13,18-19,24H,11,14-17H2,1-5H3,(H,29,32)/t18-,19+,24+/m0/s1. The van der Waals surface area contributed by atoms with Gasteiger partial charge in [0.1, 0.15) is 19.0 Å². The first-order valence-electron chi connectivity index (χ1n) is 12.3. The quantitative estimate of drug-likeness (QED) is 0.632. The second-order valence-corrected chi connectivity index (χ2v) is 9.37. The predicted octanol–water partition coefficient (Wildman–Crippen LogP) is 2.24. The summed E-state index contributed by atoms with van der Waals surface area (Å²) in [6.45, 7) is 4.77. The summed E-state index contributed by atoms with van der Waals surface area (Å²) >= 11 is 0. The van der Waals surface area contributed by atoms with Gasteiger partial charge in [0, 0.05) is 58.4 Å². The van der Waals surface area contributed by atoms with E-state index in [4.69, 9.17) is 14.2 Å². The number of pyridine rings is 1. The molecule has 1 aliphatic rings. The molecule has 0 aliphatic carbocycles. The molecule has 0 saturated heterocycles. The Morgan fingerprint density at radius 2 is 1.97 bits per heavy atom. The average molecular weight is 513 g/mol. The first-order chi connectivity index (χ1) is 17.7. The zero-order valence-corrected chi connectivity index (χ0v) is 22.1. The molecule has 0 bridgehead atoms. The normalized spacial score (nSPS) is 20.8. The number of carbonyl (C=O) groups is 3. The molecule has 3 amide bonds. The van der Waals surface area contributed by atoms with Gasteiger partial charge in [0.15, 0.2) is 0 Å². The van der Waals surface area contributed by atoms with E-state index in [0.717, 1.165) is 5.56 Å². The zero-order valence-electron chi connectivity index (χ0n) is 22.1. The fourth-order valence-electron chi connectivity index (χ4n) is 4.31. The number of nitrogens with zero attached hydrogens (tertiary/aromatic N) is 3. The minimum absolute atomic E-state index is 0.0382. The highest BCUT2D eigenvalue weighted by Crippen LogP contribution is 2.26. The lowest BCUT2D eigenvalue weighted by atomic mass is 10.0. The van der Waals surface area contributed by atoms with Crippen molar-refractivity contribution in [1.29, 1.82) is 0 Å². The van der Waals surface area contributed by atoms with Gasteiger partial charge in [-0.25, -0.2) is 0 Å². The van der Waals surface area contributed by atoms with Crippen LogP contribution in [0.5, 0.6) is 5.75 Å². The van der Waals surface area contributed by atoms with Gasteiger partial charge < -0.3 is 29.3 Å². The van der Waals surface area contributed by atoms with Crippen molar-refractivity contribution in [3.8, 4) is 5.75 Å². The molecule has 1 aromatic heterocycles. The molecule has 0 fully saturated rings. The van der Waals surface area contributed by atoms with Crippen molar-refractivity contribution in [2.24, 2.45) is 5.92 Å². The molecule has 0 spiro atoms. The van der Waals surface area contributed by atoms with Crippen LogP contribution >= 0.6 is 0 Å². The molecule has 1 N–H and O–H groups in total. The molecule has 0 saturated carbocycles. The van der Waals surface area contributed by atoms with Crippen LogP contribution in [0, 0.1) is 5.92 Å². The summed E-state index contributed by atoms with van der Waals surface area (Å²) in [7, 11) is 4.74. The van der Waals surface area contributed by atoms with E-state index in [1.54, 1.807) is 49.7 Å². The van der Waals surface area contributed by atoms with Gasteiger partial charge in [0.05, 0.1) is 24.1 Å². The summed E-state index contributed by atoms with van der Waals surface area (Å²) in [5.74, 6) is -0.315. The number of nitrogens with one attached hydrogen (secondary N) is 1. The molecule has 0 radical (unpaired) electrons. The number of rotatable bonds is 6. The number of amides is 3. The minimum atomic E-state index is -0.331. The van der Waals surface area contributed by atoms with Crippen molar-refractivity contribution in [2.75, 3.05) is 52.9 Å². The van der Waals surface area contributed by atoms with Crippen molar-refractivity contribution >= 4 is 23.4 Å². The molecular formula is C27H36N4O6. The number of ether oxygens (including phenoxy) is 3. The highest BCUT2D eigenvalue weighted by atomic mass is 16.5. The number of hydrogen-bond acceptors (Lipinski definition) is 7. The van der Waals surface area contributed by atoms with Crippen LogP contribution in [0.2, 0.25) is 0 Å². The maximum absolute atomic E-state index is 13.4. The lowest BCUT2D eigenvalue weighted by Gasteiger charge is -2.36.